The lowest BCUT2D eigenvalue weighted by molar-refractivity contribution is -0.271. The van der Waals surface area contributed by atoms with Gasteiger partial charge in [-0.1, -0.05) is 33.8 Å². The standard InChI is InChI=1S/C22H33NO9/c1-11(2)7-8-23-14-9-13(10-30-21(29)12(3)4)5-6-15(14)31-22-18(26)16(24)17(25)19(32-22)20(27)28/h5-6,9,11-12,16-19,22-26H,7-8,10H2,1-4H3,(H,27,28)/t16-,17-,18+,19-,22?/m1/s1. The normalized spacial score (nSPS) is 25.6. The highest BCUT2D eigenvalue weighted by atomic mass is 16.7. The molecule has 5 N–H and O–H groups in total. The van der Waals surface area contributed by atoms with Crippen LogP contribution in [0.15, 0.2) is 18.2 Å². The van der Waals surface area contributed by atoms with Crippen LogP contribution < -0.4 is 10.1 Å². The molecule has 0 radical (unpaired) electrons. The van der Waals surface area contributed by atoms with Gasteiger partial charge in [0.2, 0.25) is 6.29 Å². The van der Waals surface area contributed by atoms with Crippen molar-refractivity contribution in [1.29, 1.82) is 0 Å². The van der Waals surface area contributed by atoms with E-state index in [2.05, 4.69) is 19.2 Å². The fourth-order valence-electron chi connectivity index (χ4n) is 3.00. The van der Waals surface area contributed by atoms with E-state index >= 15 is 0 Å². The van der Waals surface area contributed by atoms with Crippen LogP contribution in [0.25, 0.3) is 0 Å². The zero-order valence-corrected chi connectivity index (χ0v) is 18.7. The van der Waals surface area contributed by atoms with Crippen molar-refractivity contribution < 1.29 is 44.2 Å². The molecule has 180 valence electrons. The molecule has 0 aliphatic carbocycles. The van der Waals surface area contributed by atoms with Gasteiger partial charge in [-0.2, -0.15) is 0 Å². The first kappa shape index (κ1) is 25.9. The van der Waals surface area contributed by atoms with E-state index in [9.17, 15) is 30.0 Å². The molecule has 32 heavy (non-hydrogen) atoms. The third-order valence-electron chi connectivity index (χ3n) is 4.99. The average molecular weight is 456 g/mol. The minimum Gasteiger partial charge on any atom is -0.479 e. The zero-order chi connectivity index (χ0) is 24.0. The summed E-state index contributed by atoms with van der Waals surface area (Å²) in [5, 5.41) is 42.5. The van der Waals surface area contributed by atoms with Crippen molar-refractivity contribution in [2.24, 2.45) is 11.8 Å². The minimum absolute atomic E-state index is 0.0602. The van der Waals surface area contributed by atoms with E-state index in [4.69, 9.17) is 14.2 Å². The third-order valence-corrected chi connectivity index (χ3v) is 4.99. The average Bonchev–Trinajstić information content (AvgIpc) is 2.72. The quantitative estimate of drug-likeness (QED) is 0.324. The van der Waals surface area contributed by atoms with Crippen LogP contribution in [0.2, 0.25) is 0 Å². The number of hydrogen-bond acceptors (Lipinski definition) is 9. The number of carboxylic acid groups (broad SMARTS) is 1. The Morgan fingerprint density at radius 3 is 2.38 bits per heavy atom. The lowest BCUT2D eigenvalue weighted by Crippen LogP contribution is -2.61. The summed E-state index contributed by atoms with van der Waals surface area (Å²) in [5.74, 6) is -1.39. The Morgan fingerprint density at radius 2 is 1.78 bits per heavy atom. The molecule has 1 aliphatic heterocycles. The Hall–Kier alpha value is -2.40. The van der Waals surface area contributed by atoms with Crippen LogP contribution >= 0.6 is 0 Å². The van der Waals surface area contributed by atoms with Crippen LogP contribution in [0.1, 0.15) is 39.7 Å². The molecule has 0 aromatic heterocycles. The number of carbonyl (C=O) groups excluding carboxylic acids is 1. The molecule has 1 fully saturated rings. The molecule has 10 heteroatoms. The highest BCUT2D eigenvalue weighted by Crippen LogP contribution is 2.31. The largest absolute Gasteiger partial charge is 0.479 e. The monoisotopic (exact) mass is 455 g/mol. The molecule has 1 heterocycles. The molecule has 0 saturated carbocycles. The number of carboxylic acids is 1. The SMILES string of the molecule is CC(C)CCNc1cc(COC(=O)C(C)C)ccc1OC1O[C@@H](C(=O)O)[C@H](O)[C@@H](O)[C@@H]1O. The molecule has 0 bridgehead atoms. The maximum atomic E-state index is 11.8. The number of aliphatic hydroxyl groups excluding tert-OH is 3. The Morgan fingerprint density at radius 1 is 1.09 bits per heavy atom. The number of aliphatic carboxylic acids is 1. The van der Waals surface area contributed by atoms with Crippen molar-refractivity contribution in [1.82, 2.24) is 0 Å². The summed E-state index contributed by atoms with van der Waals surface area (Å²) in [7, 11) is 0. The summed E-state index contributed by atoms with van der Waals surface area (Å²) in [6.45, 7) is 8.30. The van der Waals surface area contributed by atoms with Gasteiger partial charge in [0.25, 0.3) is 0 Å². The zero-order valence-electron chi connectivity index (χ0n) is 18.7. The number of benzene rings is 1. The van der Waals surface area contributed by atoms with Gasteiger partial charge in [0.05, 0.1) is 11.6 Å². The summed E-state index contributed by atoms with van der Waals surface area (Å²) in [5.41, 5.74) is 1.22. The second kappa shape index (κ2) is 11.5. The number of anilines is 1. The van der Waals surface area contributed by atoms with Gasteiger partial charge in [0.15, 0.2) is 6.10 Å². The fraction of sp³-hybridized carbons (Fsp3) is 0.636. The van der Waals surface area contributed by atoms with Crippen molar-refractivity contribution in [3.63, 3.8) is 0 Å². The molecule has 0 amide bonds. The second-order valence-corrected chi connectivity index (χ2v) is 8.56. The first-order chi connectivity index (χ1) is 15.0. The Kier molecular flexibility index (Phi) is 9.26. The van der Waals surface area contributed by atoms with Gasteiger partial charge in [-0.05, 0) is 30.0 Å². The highest BCUT2D eigenvalue weighted by molar-refractivity contribution is 5.73. The number of hydrogen-bond donors (Lipinski definition) is 5. The van der Waals surface area contributed by atoms with E-state index in [0.29, 0.717) is 23.7 Å². The summed E-state index contributed by atoms with van der Waals surface area (Å²) in [4.78, 5) is 23.1. The van der Waals surface area contributed by atoms with E-state index in [-0.39, 0.29) is 24.2 Å². The highest BCUT2D eigenvalue weighted by Gasteiger charge is 2.48. The van der Waals surface area contributed by atoms with E-state index in [0.717, 1.165) is 6.42 Å². The molecule has 1 unspecified atom stereocenters. The van der Waals surface area contributed by atoms with E-state index in [1.54, 1.807) is 32.0 Å². The predicted octanol–water partition coefficient (Wildman–Crippen LogP) is 1.11. The number of esters is 1. The van der Waals surface area contributed by atoms with E-state index < -0.39 is 36.7 Å². The number of nitrogens with one attached hydrogen (secondary N) is 1. The van der Waals surface area contributed by atoms with Crippen molar-refractivity contribution in [3.05, 3.63) is 23.8 Å². The van der Waals surface area contributed by atoms with Crippen molar-refractivity contribution in [2.45, 2.75) is 71.4 Å². The van der Waals surface area contributed by atoms with Gasteiger partial charge >= 0.3 is 11.9 Å². The number of aliphatic hydroxyl groups is 3. The van der Waals surface area contributed by atoms with Gasteiger partial charge < -0.3 is 40.0 Å². The molecule has 1 aromatic rings. The maximum Gasteiger partial charge on any atom is 0.335 e. The topological polar surface area (TPSA) is 155 Å². The lowest BCUT2D eigenvalue weighted by Gasteiger charge is -2.38. The van der Waals surface area contributed by atoms with Gasteiger partial charge in [-0.15, -0.1) is 0 Å². The van der Waals surface area contributed by atoms with Crippen LogP contribution in [0.4, 0.5) is 5.69 Å². The Bertz CT molecular complexity index is 783. The summed E-state index contributed by atoms with van der Waals surface area (Å²) in [6, 6.07) is 4.95. The third kappa shape index (κ3) is 6.80. The molecule has 1 aliphatic rings. The lowest BCUT2D eigenvalue weighted by atomic mass is 9.99. The van der Waals surface area contributed by atoms with Crippen molar-refractivity contribution >= 4 is 17.6 Å². The molecule has 10 nitrogen and oxygen atoms in total. The first-order valence-corrected chi connectivity index (χ1v) is 10.6. The van der Waals surface area contributed by atoms with Crippen molar-refractivity contribution in [2.75, 3.05) is 11.9 Å². The van der Waals surface area contributed by atoms with Crippen LogP contribution in [-0.4, -0.2) is 69.6 Å². The molecular weight excluding hydrogens is 422 g/mol. The molecule has 1 saturated heterocycles. The van der Waals surface area contributed by atoms with Crippen molar-refractivity contribution in [3.8, 4) is 5.75 Å². The molecular formula is C22H33NO9. The molecule has 0 spiro atoms. The van der Waals surface area contributed by atoms with Gasteiger partial charge in [-0.3, -0.25) is 4.79 Å². The summed E-state index contributed by atoms with van der Waals surface area (Å²) < 4.78 is 16.2. The van der Waals surface area contributed by atoms with E-state index in [1.807, 2.05) is 0 Å². The first-order valence-electron chi connectivity index (χ1n) is 10.6. The van der Waals surface area contributed by atoms with Gasteiger partial charge in [0, 0.05) is 6.54 Å². The second-order valence-electron chi connectivity index (χ2n) is 8.56. The molecule has 5 atom stereocenters. The smallest absolute Gasteiger partial charge is 0.335 e. The van der Waals surface area contributed by atoms with Gasteiger partial charge in [-0.25, -0.2) is 4.79 Å². The van der Waals surface area contributed by atoms with Crippen LogP contribution in [0.3, 0.4) is 0 Å². The summed E-state index contributed by atoms with van der Waals surface area (Å²) in [6.07, 6.45) is -7.66. The predicted molar refractivity (Wildman–Crippen MR) is 114 cm³/mol. The van der Waals surface area contributed by atoms with Crippen LogP contribution in [0.5, 0.6) is 5.75 Å². The van der Waals surface area contributed by atoms with E-state index in [1.165, 1.54) is 0 Å². The minimum atomic E-state index is -1.80. The Balaban J connectivity index is 2.21. The fourth-order valence-corrected chi connectivity index (χ4v) is 3.00. The van der Waals surface area contributed by atoms with Gasteiger partial charge in [0.1, 0.15) is 30.7 Å². The Labute approximate surface area is 187 Å². The van der Waals surface area contributed by atoms with Crippen LogP contribution in [-0.2, 0) is 25.7 Å². The molecule has 2 rings (SSSR count). The number of carbonyl (C=O) groups is 2. The number of rotatable bonds is 10. The molecule has 1 aromatic carbocycles. The van der Waals surface area contributed by atoms with Crippen LogP contribution in [0, 0.1) is 11.8 Å². The number of ether oxygens (including phenoxy) is 3. The summed E-state index contributed by atoms with van der Waals surface area (Å²) >= 11 is 0. The maximum absolute atomic E-state index is 11.8.